The van der Waals surface area contributed by atoms with Crippen molar-refractivity contribution in [3.05, 3.63) is 27.8 Å². The van der Waals surface area contributed by atoms with Crippen LogP contribution in [0.15, 0.2) is 24.3 Å². The number of carbonyl (C=O) groups excluding carboxylic acids is 1. The first-order chi connectivity index (χ1) is 9.08. The predicted molar refractivity (Wildman–Crippen MR) is 83.3 cm³/mol. The van der Waals surface area contributed by atoms with Crippen molar-refractivity contribution in [3.8, 4) is 5.75 Å². The van der Waals surface area contributed by atoms with Crippen LogP contribution in [-0.2, 0) is 4.79 Å². The average molecular weight is 374 g/mol. The Morgan fingerprint density at radius 1 is 1.32 bits per heavy atom. The molecule has 1 aliphatic heterocycles. The molecule has 0 N–H and O–H groups in total. The van der Waals surface area contributed by atoms with Crippen molar-refractivity contribution < 1.29 is 9.53 Å². The topological polar surface area (TPSA) is 32.8 Å². The van der Waals surface area contributed by atoms with E-state index in [4.69, 9.17) is 4.74 Å². The van der Waals surface area contributed by atoms with Crippen LogP contribution >= 0.6 is 22.6 Å². The molecular formula is C14H19IN2O2. The zero-order valence-corrected chi connectivity index (χ0v) is 13.5. The summed E-state index contributed by atoms with van der Waals surface area (Å²) >= 11 is 2.27. The highest BCUT2D eigenvalue weighted by atomic mass is 127. The van der Waals surface area contributed by atoms with Crippen molar-refractivity contribution in [3.63, 3.8) is 0 Å². The van der Waals surface area contributed by atoms with Crippen molar-refractivity contribution in [2.24, 2.45) is 0 Å². The molecule has 2 rings (SSSR count). The first-order valence-electron chi connectivity index (χ1n) is 6.45. The number of halogens is 1. The summed E-state index contributed by atoms with van der Waals surface area (Å²) in [6.45, 7) is 5.07. The normalized spacial score (nSPS) is 20.7. The molecule has 1 aromatic carbocycles. The third kappa shape index (κ3) is 3.82. The first kappa shape index (κ1) is 14.6. The molecule has 0 aliphatic carbocycles. The lowest BCUT2D eigenvalue weighted by atomic mass is 10.2. The summed E-state index contributed by atoms with van der Waals surface area (Å²) in [4.78, 5) is 15.8. The predicted octanol–water partition coefficient (Wildman–Crippen LogP) is 1.83. The zero-order valence-electron chi connectivity index (χ0n) is 11.3. The Balaban J connectivity index is 1.79. The minimum absolute atomic E-state index is 0.0425. The first-order valence-corrected chi connectivity index (χ1v) is 7.53. The number of amides is 1. The van der Waals surface area contributed by atoms with Gasteiger partial charge < -0.3 is 9.64 Å². The SMILES string of the molecule is C[C@@H]1C(=O)N(C)CCN1CCOc1ccc(I)cc1. The Morgan fingerprint density at radius 2 is 2.00 bits per heavy atom. The number of hydrogen-bond donors (Lipinski definition) is 0. The van der Waals surface area contributed by atoms with Crippen molar-refractivity contribution in [2.45, 2.75) is 13.0 Å². The fraction of sp³-hybridized carbons (Fsp3) is 0.500. The van der Waals surface area contributed by atoms with Gasteiger partial charge in [-0.25, -0.2) is 0 Å². The third-order valence-corrected chi connectivity index (χ3v) is 4.18. The van der Waals surface area contributed by atoms with Gasteiger partial charge in [0, 0.05) is 30.3 Å². The van der Waals surface area contributed by atoms with Gasteiger partial charge >= 0.3 is 0 Å². The van der Waals surface area contributed by atoms with E-state index in [1.54, 1.807) is 4.90 Å². The van der Waals surface area contributed by atoms with Crippen molar-refractivity contribution in [1.29, 1.82) is 0 Å². The summed E-state index contributed by atoms with van der Waals surface area (Å²) in [5.41, 5.74) is 0. The molecule has 1 heterocycles. The molecule has 1 aliphatic rings. The Labute approximate surface area is 127 Å². The van der Waals surface area contributed by atoms with Gasteiger partial charge in [-0.1, -0.05) is 0 Å². The van der Waals surface area contributed by atoms with Crippen LogP contribution in [0, 0.1) is 3.57 Å². The monoisotopic (exact) mass is 374 g/mol. The minimum Gasteiger partial charge on any atom is -0.492 e. The Hall–Kier alpha value is -0.820. The molecule has 1 atom stereocenters. The van der Waals surface area contributed by atoms with Gasteiger partial charge in [0.15, 0.2) is 0 Å². The van der Waals surface area contributed by atoms with Gasteiger partial charge in [-0.3, -0.25) is 9.69 Å². The van der Waals surface area contributed by atoms with Crippen molar-refractivity contribution in [1.82, 2.24) is 9.80 Å². The summed E-state index contributed by atoms with van der Waals surface area (Å²) < 4.78 is 6.90. The van der Waals surface area contributed by atoms with Gasteiger partial charge in [0.05, 0.1) is 6.04 Å². The minimum atomic E-state index is -0.0425. The molecule has 1 saturated heterocycles. The standard InChI is InChI=1S/C14H19IN2O2/c1-11-14(18)16(2)7-8-17(11)9-10-19-13-5-3-12(15)4-6-13/h3-6,11H,7-10H2,1-2H3/t11-/m1/s1. The van der Waals surface area contributed by atoms with E-state index in [1.807, 2.05) is 38.2 Å². The summed E-state index contributed by atoms with van der Waals surface area (Å²) in [7, 11) is 1.86. The molecule has 4 nitrogen and oxygen atoms in total. The number of rotatable bonds is 4. The van der Waals surface area contributed by atoms with Crippen LogP contribution in [0.1, 0.15) is 6.92 Å². The van der Waals surface area contributed by atoms with Crippen LogP contribution in [0.25, 0.3) is 0 Å². The summed E-state index contributed by atoms with van der Waals surface area (Å²) in [5.74, 6) is 1.08. The molecule has 0 saturated carbocycles. The summed E-state index contributed by atoms with van der Waals surface area (Å²) in [5, 5.41) is 0. The lowest BCUT2D eigenvalue weighted by Gasteiger charge is -2.37. The Bertz CT molecular complexity index is 436. The second-order valence-electron chi connectivity index (χ2n) is 4.77. The van der Waals surface area contributed by atoms with E-state index in [2.05, 4.69) is 27.5 Å². The second kappa shape index (κ2) is 6.56. The number of nitrogens with zero attached hydrogens (tertiary/aromatic N) is 2. The second-order valence-corrected chi connectivity index (χ2v) is 6.02. The van der Waals surface area contributed by atoms with Crippen LogP contribution in [-0.4, -0.2) is 55.0 Å². The molecule has 1 fully saturated rings. The molecule has 5 heteroatoms. The van der Waals surface area contributed by atoms with Gasteiger partial charge in [-0.05, 0) is 53.8 Å². The molecule has 0 radical (unpaired) electrons. The van der Waals surface area contributed by atoms with E-state index in [-0.39, 0.29) is 11.9 Å². The van der Waals surface area contributed by atoms with Gasteiger partial charge in [0.1, 0.15) is 12.4 Å². The van der Waals surface area contributed by atoms with Gasteiger partial charge in [0.25, 0.3) is 0 Å². The lowest BCUT2D eigenvalue weighted by Crippen LogP contribution is -2.55. The zero-order chi connectivity index (χ0) is 13.8. The quantitative estimate of drug-likeness (QED) is 0.754. The number of hydrogen-bond acceptors (Lipinski definition) is 3. The molecule has 0 aromatic heterocycles. The maximum atomic E-state index is 11.8. The number of carbonyl (C=O) groups is 1. The van der Waals surface area contributed by atoms with Gasteiger partial charge in [0.2, 0.25) is 5.91 Å². The average Bonchev–Trinajstić information content (AvgIpc) is 2.41. The van der Waals surface area contributed by atoms with E-state index >= 15 is 0 Å². The largest absolute Gasteiger partial charge is 0.492 e. The molecule has 0 spiro atoms. The molecule has 1 amide bonds. The smallest absolute Gasteiger partial charge is 0.239 e. The Morgan fingerprint density at radius 3 is 2.68 bits per heavy atom. The van der Waals surface area contributed by atoms with Crippen LogP contribution in [0.5, 0.6) is 5.75 Å². The van der Waals surface area contributed by atoms with Crippen LogP contribution in [0.4, 0.5) is 0 Å². The van der Waals surface area contributed by atoms with E-state index < -0.39 is 0 Å². The molecule has 0 bridgehead atoms. The molecule has 19 heavy (non-hydrogen) atoms. The van der Waals surface area contributed by atoms with Crippen molar-refractivity contribution in [2.75, 3.05) is 33.3 Å². The van der Waals surface area contributed by atoms with Gasteiger partial charge in [-0.2, -0.15) is 0 Å². The van der Waals surface area contributed by atoms with Crippen LogP contribution < -0.4 is 4.74 Å². The maximum Gasteiger partial charge on any atom is 0.239 e. The number of ether oxygens (including phenoxy) is 1. The summed E-state index contributed by atoms with van der Waals surface area (Å²) in [6.07, 6.45) is 0. The third-order valence-electron chi connectivity index (χ3n) is 3.46. The van der Waals surface area contributed by atoms with E-state index in [1.165, 1.54) is 3.57 Å². The van der Waals surface area contributed by atoms with Crippen LogP contribution in [0.3, 0.4) is 0 Å². The fourth-order valence-electron chi connectivity index (χ4n) is 2.17. The van der Waals surface area contributed by atoms with Crippen molar-refractivity contribution >= 4 is 28.5 Å². The van der Waals surface area contributed by atoms with Crippen LogP contribution in [0.2, 0.25) is 0 Å². The Kier molecular flexibility index (Phi) is 5.04. The fourth-order valence-corrected chi connectivity index (χ4v) is 2.53. The summed E-state index contributed by atoms with van der Waals surface area (Å²) in [6, 6.07) is 7.95. The number of likely N-dealkylation sites (N-methyl/N-ethyl adjacent to an activating group) is 1. The molecule has 0 unspecified atom stereocenters. The maximum absolute atomic E-state index is 11.8. The molecule has 104 valence electrons. The van der Waals surface area contributed by atoms with E-state index in [9.17, 15) is 4.79 Å². The van der Waals surface area contributed by atoms with E-state index in [0.717, 1.165) is 25.4 Å². The molecular weight excluding hydrogens is 355 g/mol. The lowest BCUT2D eigenvalue weighted by molar-refractivity contribution is -0.139. The van der Waals surface area contributed by atoms with E-state index in [0.29, 0.717) is 6.61 Å². The number of piperazine rings is 1. The highest BCUT2D eigenvalue weighted by Gasteiger charge is 2.28. The highest BCUT2D eigenvalue weighted by molar-refractivity contribution is 14.1. The van der Waals surface area contributed by atoms with Gasteiger partial charge in [-0.15, -0.1) is 0 Å². The molecule has 1 aromatic rings. The number of benzene rings is 1. The highest BCUT2D eigenvalue weighted by Crippen LogP contribution is 2.14.